The maximum atomic E-state index is 4.25. The third kappa shape index (κ3) is 5.06. The molecule has 16 unspecified atom stereocenters. The van der Waals surface area contributed by atoms with E-state index in [1.807, 2.05) is 0 Å². The smallest absolute Gasteiger partial charge is 0.0628 e. The van der Waals surface area contributed by atoms with Crippen LogP contribution in [0.1, 0.15) is 96.3 Å². The van der Waals surface area contributed by atoms with E-state index in [2.05, 4.69) is 49.0 Å². The Hall–Kier alpha value is 0.368. The monoisotopic (exact) mass is 649 g/mol. The van der Waals surface area contributed by atoms with Crippen molar-refractivity contribution in [2.75, 3.05) is 0 Å². The first kappa shape index (κ1) is 28.8. The minimum Gasteiger partial charge on any atom is -0.322 e. The van der Waals surface area contributed by atoms with Gasteiger partial charge in [0.2, 0.25) is 0 Å². The Balaban J connectivity index is 0.00000256. The fourth-order valence-corrected chi connectivity index (χ4v) is 11.7. The third-order valence-corrected chi connectivity index (χ3v) is 13.6. The largest absolute Gasteiger partial charge is 0.322 e. The van der Waals surface area contributed by atoms with Gasteiger partial charge in [0, 0.05) is 27.2 Å². The van der Waals surface area contributed by atoms with Crippen LogP contribution in [0.3, 0.4) is 0 Å². The van der Waals surface area contributed by atoms with E-state index in [4.69, 9.17) is 0 Å². The zero-order chi connectivity index (χ0) is 26.2. The van der Waals surface area contributed by atoms with Gasteiger partial charge in [-0.15, -0.1) is 5.92 Å². The van der Waals surface area contributed by atoms with Gasteiger partial charge in [-0.25, -0.2) is 0 Å². The molecule has 8 bridgehead atoms. The molecule has 9 fully saturated rings. The molecule has 0 spiro atoms. The summed E-state index contributed by atoms with van der Waals surface area (Å²) in [6, 6.07) is 0. The van der Waals surface area contributed by atoms with Crippen LogP contribution in [0.2, 0.25) is 0 Å². The minimum absolute atomic E-state index is 0. The Morgan fingerprint density at radius 2 is 0.585 bits per heavy atom. The SMILES string of the molecule is [CH-]1CCCC2C3NC(NC4NC(NC5NC(NC6NC(N3)C3CCCCC63)C3CCCCC53)C3CCCCC43)C12.[Mo]. The van der Waals surface area contributed by atoms with E-state index >= 15 is 0 Å². The summed E-state index contributed by atoms with van der Waals surface area (Å²) < 4.78 is 0. The van der Waals surface area contributed by atoms with Crippen LogP contribution in [0.15, 0.2) is 0 Å². The number of hydrogen-bond donors (Lipinski definition) is 8. The van der Waals surface area contributed by atoms with Crippen molar-refractivity contribution >= 4 is 0 Å². The Kier molecular flexibility index (Phi) is 8.40. The summed E-state index contributed by atoms with van der Waals surface area (Å²) in [4.78, 5) is 0. The van der Waals surface area contributed by atoms with E-state index in [0.29, 0.717) is 61.2 Å². The summed E-state index contributed by atoms with van der Waals surface area (Å²) in [7, 11) is 0. The normalized spacial score (nSPS) is 56.2. The predicted octanol–water partition coefficient (Wildman–Crippen LogP) is 2.42. The summed E-state index contributed by atoms with van der Waals surface area (Å²) in [6.45, 7) is 0. The molecule has 8 nitrogen and oxygen atoms in total. The Labute approximate surface area is 262 Å². The molecule has 41 heavy (non-hydrogen) atoms. The van der Waals surface area contributed by atoms with E-state index in [1.165, 1.54) is 96.3 Å². The zero-order valence-electron chi connectivity index (χ0n) is 24.8. The van der Waals surface area contributed by atoms with Gasteiger partial charge in [0.1, 0.15) is 0 Å². The van der Waals surface area contributed by atoms with Gasteiger partial charge in [-0.2, -0.15) is 6.42 Å². The maximum absolute atomic E-state index is 4.25. The van der Waals surface area contributed by atoms with E-state index < -0.39 is 0 Å². The molecule has 16 atom stereocenters. The van der Waals surface area contributed by atoms with Gasteiger partial charge in [-0.05, 0) is 80.0 Å². The van der Waals surface area contributed by atoms with Crippen LogP contribution in [0.5, 0.6) is 0 Å². The molecule has 8 N–H and O–H groups in total. The Morgan fingerprint density at radius 1 is 0.317 bits per heavy atom. The maximum Gasteiger partial charge on any atom is 0.0628 e. The molecule has 9 heteroatoms. The molecule has 0 aromatic heterocycles. The molecule has 9 rings (SSSR count). The molecule has 4 saturated carbocycles. The van der Waals surface area contributed by atoms with E-state index in [0.717, 1.165) is 35.5 Å². The molecule has 0 aromatic carbocycles. The second-order valence-corrected chi connectivity index (χ2v) is 15.4. The quantitative estimate of drug-likeness (QED) is 0.150. The molecule has 0 aromatic rings. The fourth-order valence-electron chi connectivity index (χ4n) is 11.7. The first-order valence-corrected chi connectivity index (χ1v) is 17.7. The standard InChI is InChI=1S/C32H55N8.Mo/c1-2-10-18-17(9-1)25-33-26(18)38-28-21-13-5-6-14-22(21)30(35-28)40-32-24-16-8-7-15-23(24)31(36-32)39-29-20-12-4-3-11-19(20)27(34-29)37-25;/h9,17-40H,1-8,10-16H2;/q-1;. The zero-order valence-corrected chi connectivity index (χ0v) is 26.8. The molecular formula is C32H55MoN8-. The van der Waals surface area contributed by atoms with Crippen LogP contribution in [0.25, 0.3) is 0 Å². The predicted molar refractivity (Wildman–Crippen MR) is 157 cm³/mol. The van der Waals surface area contributed by atoms with Crippen LogP contribution in [-0.4, -0.2) is 49.3 Å². The van der Waals surface area contributed by atoms with Crippen molar-refractivity contribution in [3.63, 3.8) is 0 Å². The molecule has 5 aliphatic heterocycles. The molecule has 230 valence electrons. The number of fused-ring (bicyclic) bond motifs is 20. The summed E-state index contributed by atoms with van der Waals surface area (Å²) in [5.41, 5.74) is 0. The van der Waals surface area contributed by atoms with Crippen LogP contribution in [0.4, 0.5) is 0 Å². The molecule has 0 amide bonds. The summed E-state index contributed by atoms with van der Waals surface area (Å²) >= 11 is 0. The van der Waals surface area contributed by atoms with Crippen LogP contribution in [-0.2, 0) is 21.1 Å². The van der Waals surface area contributed by atoms with Gasteiger partial charge in [-0.1, -0.05) is 51.4 Å². The minimum atomic E-state index is 0. The van der Waals surface area contributed by atoms with Gasteiger partial charge >= 0.3 is 0 Å². The average Bonchev–Trinajstić information content (AvgIpc) is 3.73. The third-order valence-electron chi connectivity index (χ3n) is 13.6. The summed E-state index contributed by atoms with van der Waals surface area (Å²) in [5.74, 6) is 5.74. The number of nitrogens with one attached hydrogen (secondary N) is 8. The van der Waals surface area contributed by atoms with Crippen molar-refractivity contribution in [2.45, 2.75) is 146 Å². The second-order valence-electron chi connectivity index (χ2n) is 15.4. The van der Waals surface area contributed by atoms with E-state index in [1.54, 1.807) is 0 Å². The number of rotatable bonds is 0. The van der Waals surface area contributed by atoms with E-state index in [9.17, 15) is 0 Å². The topological polar surface area (TPSA) is 96.2 Å². The average molecular weight is 648 g/mol. The van der Waals surface area contributed by atoms with E-state index in [-0.39, 0.29) is 21.1 Å². The second kappa shape index (κ2) is 11.9. The molecule has 0 radical (unpaired) electrons. The molecule has 4 aliphatic carbocycles. The van der Waals surface area contributed by atoms with Gasteiger partial charge < -0.3 is 6.42 Å². The van der Waals surface area contributed by atoms with Crippen molar-refractivity contribution < 1.29 is 21.1 Å². The molecule has 5 saturated heterocycles. The first-order valence-electron chi connectivity index (χ1n) is 17.7. The molecule has 9 aliphatic rings. The summed E-state index contributed by atoms with van der Waals surface area (Å²) in [6.07, 6.45) is 26.4. The fraction of sp³-hybridized carbons (Fsp3) is 0.969. The first-order chi connectivity index (χ1) is 19.8. The van der Waals surface area contributed by atoms with Gasteiger partial charge in [0.05, 0.1) is 43.2 Å². The van der Waals surface area contributed by atoms with Gasteiger partial charge in [-0.3, -0.25) is 42.5 Å². The van der Waals surface area contributed by atoms with Crippen molar-refractivity contribution in [3.8, 4) is 0 Å². The van der Waals surface area contributed by atoms with Crippen molar-refractivity contribution in [1.29, 1.82) is 0 Å². The van der Waals surface area contributed by atoms with Gasteiger partial charge in [0.25, 0.3) is 0 Å². The van der Waals surface area contributed by atoms with Crippen molar-refractivity contribution in [2.24, 2.45) is 47.3 Å². The van der Waals surface area contributed by atoms with Crippen molar-refractivity contribution in [3.05, 3.63) is 6.42 Å². The van der Waals surface area contributed by atoms with Gasteiger partial charge in [0.15, 0.2) is 0 Å². The van der Waals surface area contributed by atoms with Crippen LogP contribution >= 0.6 is 0 Å². The number of hydrogen-bond acceptors (Lipinski definition) is 8. The Morgan fingerprint density at radius 3 is 0.927 bits per heavy atom. The van der Waals surface area contributed by atoms with Crippen LogP contribution in [0, 0.1) is 53.8 Å². The molecular weight excluding hydrogens is 592 g/mol. The Bertz CT molecular complexity index is 716. The van der Waals surface area contributed by atoms with Crippen molar-refractivity contribution in [1.82, 2.24) is 42.5 Å². The summed E-state index contributed by atoms with van der Waals surface area (Å²) in [5, 5.41) is 33.7. The van der Waals surface area contributed by atoms with Crippen LogP contribution < -0.4 is 42.5 Å². The molecule has 5 heterocycles.